The van der Waals surface area contributed by atoms with Crippen LogP contribution in [0.2, 0.25) is 0 Å². The van der Waals surface area contributed by atoms with Crippen molar-refractivity contribution in [2.75, 3.05) is 12.4 Å². The first kappa shape index (κ1) is 18.5. The SMILES string of the molecule is CC[C@H](C)c1ccc(NC(=O)c2cc3ccccc3c(Br)c2OC)cc1. The number of carbonyl (C=O) groups excluding carboxylic acids is 1. The van der Waals surface area contributed by atoms with Gasteiger partial charge in [-0.3, -0.25) is 4.79 Å². The Balaban J connectivity index is 1.92. The summed E-state index contributed by atoms with van der Waals surface area (Å²) >= 11 is 3.57. The van der Waals surface area contributed by atoms with E-state index in [9.17, 15) is 4.79 Å². The molecule has 134 valence electrons. The van der Waals surface area contributed by atoms with Gasteiger partial charge >= 0.3 is 0 Å². The first-order valence-corrected chi connectivity index (χ1v) is 9.51. The van der Waals surface area contributed by atoms with Crippen LogP contribution < -0.4 is 10.1 Å². The van der Waals surface area contributed by atoms with Crippen LogP contribution in [-0.2, 0) is 0 Å². The number of nitrogens with one attached hydrogen (secondary N) is 1. The summed E-state index contributed by atoms with van der Waals surface area (Å²) in [6.45, 7) is 4.37. The van der Waals surface area contributed by atoms with Crippen molar-refractivity contribution in [3.05, 3.63) is 70.2 Å². The van der Waals surface area contributed by atoms with E-state index in [-0.39, 0.29) is 5.91 Å². The van der Waals surface area contributed by atoms with Crippen LogP contribution >= 0.6 is 15.9 Å². The molecule has 0 heterocycles. The number of rotatable bonds is 5. The Hall–Kier alpha value is -2.33. The summed E-state index contributed by atoms with van der Waals surface area (Å²) in [6.07, 6.45) is 1.09. The number of carbonyl (C=O) groups is 1. The van der Waals surface area contributed by atoms with Gasteiger partial charge in [0.2, 0.25) is 0 Å². The molecule has 3 nitrogen and oxygen atoms in total. The van der Waals surface area contributed by atoms with Gasteiger partial charge < -0.3 is 10.1 Å². The largest absolute Gasteiger partial charge is 0.495 e. The zero-order valence-electron chi connectivity index (χ0n) is 15.2. The minimum Gasteiger partial charge on any atom is -0.495 e. The number of ether oxygens (including phenoxy) is 1. The van der Waals surface area contributed by atoms with Crippen molar-refractivity contribution < 1.29 is 9.53 Å². The van der Waals surface area contributed by atoms with Crippen LogP contribution in [0.4, 0.5) is 5.69 Å². The van der Waals surface area contributed by atoms with Gasteiger partial charge in [-0.1, -0.05) is 50.2 Å². The van der Waals surface area contributed by atoms with Gasteiger partial charge in [0.25, 0.3) is 5.91 Å². The Labute approximate surface area is 162 Å². The van der Waals surface area contributed by atoms with E-state index in [1.807, 2.05) is 42.5 Å². The number of anilines is 1. The van der Waals surface area contributed by atoms with Crippen LogP contribution in [0.3, 0.4) is 0 Å². The lowest BCUT2D eigenvalue weighted by Crippen LogP contribution is -2.13. The fourth-order valence-electron chi connectivity index (χ4n) is 2.98. The van der Waals surface area contributed by atoms with Gasteiger partial charge in [0.15, 0.2) is 0 Å². The molecule has 0 aliphatic rings. The molecule has 4 heteroatoms. The normalized spacial score (nSPS) is 12.0. The molecule has 0 aliphatic heterocycles. The molecule has 0 bridgehead atoms. The molecule has 3 aromatic rings. The molecular weight excluding hydrogens is 390 g/mol. The van der Waals surface area contributed by atoms with Crippen LogP contribution in [-0.4, -0.2) is 13.0 Å². The number of hydrogen-bond acceptors (Lipinski definition) is 2. The molecule has 0 radical (unpaired) electrons. The highest BCUT2D eigenvalue weighted by molar-refractivity contribution is 9.10. The predicted molar refractivity (Wildman–Crippen MR) is 111 cm³/mol. The molecule has 3 aromatic carbocycles. The Bertz CT molecular complexity index is 935. The molecule has 0 aromatic heterocycles. The number of methoxy groups -OCH3 is 1. The Morgan fingerprint density at radius 1 is 1.15 bits per heavy atom. The van der Waals surface area contributed by atoms with Crippen LogP contribution in [0.5, 0.6) is 5.75 Å². The molecule has 0 fully saturated rings. The maximum absolute atomic E-state index is 12.9. The molecular formula is C22H22BrNO2. The van der Waals surface area contributed by atoms with Crippen molar-refractivity contribution in [1.82, 2.24) is 0 Å². The summed E-state index contributed by atoms with van der Waals surface area (Å²) in [5.41, 5.74) is 2.55. The summed E-state index contributed by atoms with van der Waals surface area (Å²) in [5.74, 6) is 0.860. The summed E-state index contributed by atoms with van der Waals surface area (Å²) < 4.78 is 6.29. The number of halogens is 1. The maximum atomic E-state index is 12.9. The first-order chi connectivity index (χ1) is 12.5. The Morgan fingerprint density at radius 3 is 2.50 bits per heavy atom. The van der Waals surface area contributed by atoms with Gasteiger partial charge in [-0.2, -0.15) is 0 Å². The number of fused-ring (bicyclic) bond motifs is 1. The van der Waals surface area contributed by atoms with E-state index in [0.717, 1.165) is 27.4 Å². The second-order valence-electron chi connectivity index (χ2n) is 6.38. The third-order valence-electron chi connectivity index (χ3n) is 4.74. The topological polar surface area (TPSA) is 38.3 Å². The predicted octanol–water partition coefficient (Wildman–Crippen LogP) is 6.38. The number of benzene rings is 3. The summed E-state index contributed by atoms with van der Waals surface area (Å²) in [4.78, 5) is 12.9. The third-order valence-corrected chi connectivity index (χ3v) is 5.53. The minimum atomic E-state index is -0.190. The fraction of sp³-hybridized carbons (Fsp3) is 0.227. The quantitative estimate of drug-likeness (QED) is 0.528. The van der Waals surface area contributed by atoms with Crippen molar-refractivity contribution in [3.8, 4) is 5.75 Å². The molecule has 26 heavy (non-hydrogen) atoms. The van der Waals surface area contributed by atoms with Crippen LogP contribution in [0.1, 0.15) is 42.1 Å². The van der Waals surface area contributed by atoms with Crippen molar-refractivity contribution in [2.45, 2.75) is 26.2 Å². The highest BCUT2D eigenvalue weighted by Gasteiger charge is 2.18. The molecule has 1 atom stereocenters. The molecule has 0 aliphatic carbocycles. The highest BCUT2D eigenvalue weighted by Crippen LogP contribution is 2.37. The maximum Gasteiger partial charge on any atom is 0.259 e. The van der Waals surface area contributed by atoms with Crippen LogP contribution in [0.25, 0.3) is 10.8 Å². The average molecular weight is 412 g/mol. The van der Waals surface area contributed by atoms with E-state index in [4.69, 9.17) is 4.74 Å². The lowest BCUT2D eigenvalue weighted by Gasteiger charge is -2.14. The van der Waals surface area contributed by atoms with Gasteiger partial charge in [-0.05, 0) is 62.8 Å². The zero-order chi connectivity index (χ0) is 18.7. The smallest absolute Gasteiger partial charge is 0.259 e. The van der Waals surface area contributed by atoms with Crippen LogP contribution in [0.15, 0.2) is 59.1 Å². The van der Waals surface area contributed by atoms with E-state index in [0.29, 0.717) is 17.2 Å². The van der Waals surface area contributed by atoms with E-state index in [1.54, 1.807) is 7.11 Å². The van der Waals surface area contributed by atoms with Crippen LogP contribution in [0, 0.1) is 0 Å². The molecule has 0 saturated heterocycles. The lowest BCUT2D eigenvalue weighted by atomic mass is 9.98. The Morgan fingerprint density at radius 2 is 1.85 bits per heavy atom. The molecule has 0 unspecified atom stereocenters. The fourth-order valence-corrected chi connectivity index (χ4v) is 3.72. The lowest BCUT2D eigenvalue weighted by molar-refractivity contribution is 0.102. The molecule has 1 N–H and O–H groups in total. The van der Waals surface area contributed by atoms with E-state index in [2.05, 4.69) is 47.2 Å². The van der Waals surface area contributed by atoms with E-state index in [1.165, 1.54) is 5.56 Å². The summed E-state index contributed by atoms with van der Waals surface area (Å²) in [6, 6.07) is 17.8. The Kier molecular flexibility index (Phi) is 5.62. The summed E-state index contributed by atoms with van der Waals surface area (Å²) in [7, 11) is 1.58. The second kappa shape index (κ2) is 7.92. The van der Waals surface area contributed by atoms with Crippen molar-refractivity contribution in [1.29, 1.82) is 0 Å². The summed E-state index contributed by atoms with van der Waals surface area (Å²) in [5, 5.41) is 4.97. The highest BCUT2D eigenvalue weighted by atomic mass is 79.9. The molecule has 3 rings (SSSR count). The van der Waals surface area contributed by atoms with Crippen molar-refractivity contribution >= 4 is 38.3 Å². The van der Waals surface area contributed by atoms with Gasteiger partial charge in [0.05, 0.1) is 17.1 Å². The second-order valence-corrected chi connectivity index (χ2v) is 7.17. The minimum absolute atomic E-state index is 0.190. The standard InChI is InChI=1S/C22H22BrNO2/c1-4-14(2)15-9-11-17(12-10-15)24-22(25)19-13-16-7-5-6-8-18(16)20(23)21(19)26-3/h5-14H,4H2,1-3H3,(H,24,25)/t14-/m0/s1. The van der Waals surface area contributed by atoms with E-state index >= 15 is 0 Å². The van der Waals surface area contributed by atoms with Crippen molar-refractivity contribution in [2.24, 2.45) is 0 Å². The van der Waals surface area contributed by atoms with Gasteiger partial charge in [0.1, 0.15) is 5.75 Å². The number of hydrogen-bond donors (Lipinski definition) is 1. The first-order valence-electron chi connectivity index (χ1n) is 8.71. The molecule has 0 spiro atoms. The zero-order valence-corrected chi connectivity index (χ0v) is 16.8. The van der Waals surface area contributed by atoms with Gasteiger partial charge in [0, 0.05) is 5.69 Å². The molecule has 1 amide bonds. The molecule has 0 saturated carbocycles. The third kappa shape index (κ3) is 3.61. The van der Waals surface area contributed by atoms with E-state index < -0.39 is 0 Å². The number of amides is 1. The average Bonchev–Trinajstić information content (AvgIpc) is 2.68. The van der Waals surface area contributed by atoms with Crippen molar-refractivity contribution in [3.63, 3.8) is 0 Å². The van der Waals surface area contributed by atoms with Gasteiger partial charge in [-0.15, -0.1) is 0 Å². The monoisotopic (exact) mass is 411 g/mol. The van der Waals surface area contributed by atoms with Gasteiger partial charge in [-0.25, -0.2) is 0 Å².